The van der Waals surface area contributed by atoms with Crippen LogP contribution in [0.1, 0.15) is 31.9 Å². The number of nitrogens with zero attached hydrogens (tertiary/aromatic N) is 1. The van der Waals surface area contributed by atoms with E-state index in [1.54, 1.807) is 4.90 Å². The van der Waals surface area contributed by atoms with Gasteiger partial charge in [0.2, 0.25) is 15.0 Å². The van der Waals surface area contributed by atoms with Crippen molar-refractivity contribution >= 4 is 25.6 Å². The second-order valence-corrected chi connectivity index (χ2v) is 8.32. The molecule has 0 N–H and O–H groups in total. The van der Waals surface area contributed by atoms with Gasteiger partial charge >= 0.3 is 0 Å². The first-order valence-corrected chi connectivity index (χ1v) is 9.72. The van der Waals surface area contributed by atoms with Gasteiger partial charge in [-0.2, -0.15) is 0 Å². The molecule has 22 heavy (non-hydrogen) atoms. The van der Waals surface area contributed by atoms with Crippen LogP contribution in [0.4, 0.5) is 0 Å². The topological polar surface area (TPSA) is 63.7 Å². The number of rotatable bonds is 6. The van der Waals surface area contributed by atoms with Crippen molar-refractivity contribution in [3.8, 4) is 5.75 Å². The van der Waals surface area contributed by atoms with Gasteiger partial charge in [-0.3, -0.25) is 4.79 Å². The summed E-state index contributed by atoms with van der Waals surface area (Å²) in [4.78, 5) is 13.8. The van der Waals surface area contributed by atoms with Crippen LogP contribution in [0.5, 0.6) is 5.75 Å². The Labute approximate surface area is 135 Å². The van der Waals surface area contributed by atoms with Gasteiger partial charge in [-0.25, -0.2) is 8.42 Å². The maximum Gasteiger partial charge on any atom is 0.232 e. The quantitative estimate of drug-likeness (QED) is 0.743. The predicted molar refractivity (Wildman–Crippen MR) is 85.5 cm³/mol. The van der Waals surface area contributed by atoms with Crippen molar-refractivity contribution in [2.75, 3.05) is 18.9 Å². The molecule has 2 atom stereocenters. The number of hydrogen-bond acceptors (Lipinski definition) is 4. The fraction of sp³-hybridized carbons (Fsp3) is 0.533. The number of hydrogen-bond donors (Lipinski definition) is 0. The fourth-order valence-electron chi connectivity index (χ4n) is 2.77. The van der Waals surface area contributed by atoms with Crippen LogP contribution in [0.25, 0.3) is 0 Å². The molecule has 0 aliphatic carbocycles. The molecule has 0 radical (unpaired) electrons. The average Bonchev–Trinajstić information content (AvgIpc) is 2.77. The van der Waals surface area contributed by atoms with Crippen LogP contribution >= 0.6 is 10.7 Å². The molecule has 1 aliphatic rings. The van der Waals surface area contributed by atoms with E-state index in [0.717, 1.165) is 11.3 Å². The lowest BCUT2D eigenvalue weighted by Gasteiger charge is -2.25. The second kappa shape index (κ2) is 6.87. The third-order valence-corrected chi connectivity index (χ3v) is 5.06. The van der Waals surface area contributed by atoms with Crippen molar-refractivity contribution in [2.45, 2.75) is 26.3 Å². The Morgan fingerprint density at radius 3 is 2.55 bits per heavy atom. The van der Waals surface area contributed by atoms with Crippen molar-refractivity contribution in [1.82, 2.24) is 4.90 Å². The molecule has 0 saturated carbocycles. The molecular formula is C15H20ClNO4S. The average molecular weight is 346 g/mol. The Hall–Kier alpha value is -1.27. The number of likely N-dealkylation sites (tertiary alicyclic amines) is 1. The molecule has 7 heteroatoms. The van der Waals surface area contributed by atoms with Crippen LogP contribution in [0.2, 0.25) is 0 Å². The van der Waals surface area contributed by atoms with Gasteiger partial charge in [-0.1, -0.05) is 12.1 Å². The number of halogens is 1. The van der Waals surface area contributed by atoms with Gasteiger partial charge in [0.15, 0.2) is 0 Å². The number of benzene rings is 1. The second-order valence-electron chi connectivity index (χ2n) is 5.50. The van der Waals surface area contributed by atoms with Gasteiger partial charge in [0.1, 0.15) is 5.75 Å². The summed E-state index contributed by atoms with van der Waals surface area (Å²) < 4.78 is 27.7. The van der Waals surface area contributed by atoms with Crippen molar-refractivity contribution in [3.63, 3.8) is 0 Å². The largest absolute Gasteiger partial charge is 0.494 e. The summed E-state index contributed by atoms with van der Waals surface area (Å²) in [5.41, 5.74) is 0.992. The van der Waals surface area contributed by atoms with E-state index >= 15 is 0 Å². The minimum absolute atomic E-state index is 0.0355. The first-order chi connectivity index (χ1) is 10.3. The lowest BCUT2D eigenvalue weighted by molar-refractivity contribution is -0.129. The molecule has 1 fully saturated rings. The first kappa shape index (κ1) is 17.1. The fourth-order valence-corrected chi connectivity index (χ4v) is 4.09. The van der Waals surface area contributed by atoms with Crippen molar-refractivity contribution in [2.24, 2.45) is 5.92 Å². The zero-order valence-corrected chi connectivity index (χ0v) is 14.2. The van der Waals surface area contributed by atoms with Gasteiger partial charge in [0, 0.05) is 29.6 Å². The standard InChI is InChI=1S/C15H20ClNO4S/c1-3-21-14-6-4-13(5-7-14)11(2)17-9-12(8-15(17)18)10-22(16,19)20/h4-7,11-12H,3,8-10H2,1-2H3. The van der Waals surface area contributed by atoms with E-state index in [0.29, 0.717) is 13.2 Å². The van der Waals surface area contributed by atoms with Gasteiger partial charge in [-0.15, -0.1) is 0 Å². The van der Waals surface area contributed by atoms with Gasteiger partial charge in [0.05, 0.1) is 18.4 Å². The smallest absolute Gasteiger partial charge is 0.232 e. The third-order valence-electron chi connectivity index (χ3n) is 3.81. The van der Waals surface area contributed by atoms with E-state index in [2.05, 4.69) is 0 Å². The molecule has 0 bridgehead atoms. The summed E-state index contributed by atoms with van der Waals surface area (Å²) in [6.07, 6.45) is 0.229. The molecular weight excluding hydrogens is 326 g/mol. The third kappa shape index (κ3) is 4.36. The summed E-state index contributed by atoms with van der Waals surface area (Å²) in [6.45, 7) is 4.88. The zero-order chi connectivity index (χ0) is 16.3. The van der Waals surface area contributed by atoms with Gasteiger partial charge in [-0.05, 0) is 31.5 Å². The molecule has 1 aromatic carbocycles. The number of carbonyl (C=O) groups excluding carboxylic acids is 1. The molecule has 1 heterocycles. The maximum atomic E-state index is 12.1. The van der Waals surface area contributed by atoms with Crippen molar-refractivity contribution < 1.29 is 17.9 Å². The highest BCUT2D eigenvalue weighted by atomic mass is 35.7. The maximum absolute atomic E-state index is 12.1. The lowest BCUT2D eigenvalue weighted by Crippen LogP contribution is -2.29. The van der Waals surface area contributed by atoms with Crippen molar-refractivity contribution in [1.29, 1.82) is 0 Å². The molecule has 0 spiro atoms. The monoisotopic (exact) mass is 345 g/mol. The van der Waals surface area contributed by atoms with E-state index in [1.165, 1.54) is 0 Å². The summed E-state index contributed by atoms with van der Waals surface area (Å²) >= 11 is 0. The highest BCUT2D eigenvalue weighted by molar-refractivity contribution is 8.13. The molecule has 1 saturated heterocycles. The Kier molecular flexibility index (Phi) is 5.34. The predicted octanol–water partition coefficient (Wildman–Crippen LogP) is 2.56. The van der Waals surface area contributed by atoms with Crippen LogP contribution < -0.4 is 4.74 Å². The molecule has 1 aliphatic heterocycles. The van der Waals surface area contributed by atoms with E-state index in [4.69, 9.17) is 15.4 Å². The summed E-state index contributed by atoms with van der Waals surface area (Å²) in [5.74, 6) is 0.358. The summed E-state index contributed by atoms with van der Waals surface area (Å²) in [5, 5.41) is 0. The van der Waals surface area contributed by atoms with Crippen LogP contribution in [-0.2, 0) is 13.8 Å². The van der Waals surface area contributed by atoms with E-state index in [9.17, 15) is 13.2 Å². The molecule has 122 valence electrons. The summed E-state index contributed by atoms with van der Waals surface area (Å²) in [7, 11) is 1.70. The van der Waals surface area contributed by atoms with E-state index in [1.807, 2.05) is 38.1 Å². The zero-order valence-electron chi connectivity index (χ0n) is 12.7. The van der Waals surface area contributed by atoms with E-state index in [-0.39, 0.29) is 30.0 Å². The first-order valence-electron chi connectivity index (χ1n) is 7.24. The SMILES string of the molecule is CCOc1ccc(C(C)N2CC(CS(=O)(=O)Cl)CC2=O)cc1. The molecule has 2 rings (SSSR count). The molecule has 2 unspecified atom stereocenters. The minimum Gasteiger partial charge on any atom is -0.494 e. The molecule has 1 amide bonds. The number of ether oxygens (including phenoxy) is 1. The number of carbonyl (C=O) groups is 1. The Morgan fingerprint density at radius 1 is 1.36 bits per heavy atom. The number of amides is 1. The highest BCUT2D eigenvalue weighted by Gasteiger charge is 2.35. The Bertz CT molecular complexity index is 629. The normalized spacial score (nSPS) is 20.2. The molecule has 5 nitrogen and oxygen atoms in total. The van der Waals surface area contributed by atoms with Crippen LogP contribution in [0.3, 0.4) is 0 Å². The van der Waals surface area contributed by atoms with Crippen LogP contribution in [0.15, 0.2) is 24.3 Å². The Morgan fingerprint density at radius 2 is 2.00 bits per heavy atom. The Balaban J connectivity index is 2.05. The van der Waals surface area contributed by atoms with Gasteiger partial charge < -0.3 is 9.64 Å². The van der Waals surface area contributed by atoms with Crippen molar-refractivity contribution in [3.05, 3.63) is 29.8 Å². The highest BCUT2D eigenvalue weighted by Crippen LogP contribution is 2.30. The molecule has 0 aromatic heterocycles. The molecule has 1 aromatic rings. The van der Waals surface area contributed by atoms with Gasteiger partial charge in [0.25, 0.3) is 0 Å². The van der Waals surface area contributed by atoms with E-state index < -0.39 is 9.05 Å². The van der Waals surface area contributed by atoms with Crippen LogP contribution in [-0.4, -0.2) is 38.1 Å². The summed E-state index contributed by atoms with van der Waals surface area (Å²) in [6, 6.07) is 7.49. The van der Waals surface area contributed by atoms with Crippen LogP contribution in [0, 0.1) is 5.92 Å². The minimum atomic E-state index is -3.58. The lowest BCUT2D eigenvalue weighted by atomic mass is 10.1.